The lowest BCUT2D eigenvalue weighted by Gasteiger charge is -2.04. The van der Waals surface area contributed by atoms with Crippen LogP contribution in [0.25, 0.3) is 0 Å². The van der Waals surface area contributed by atoms with E-state index in [1.807, 2.05) is 13.8 Å². The van der Waals surface area contributed by atoms with E-state index in [-0.39, 0.29) is 16.9 Å². The van der Waals surface area contributed by atoms with Crippen molar-refractivity contribution in [1.82, 2.24) is 15.3 Å². The summed E-state index contributed by atoms with van der Waals surface area (Å²) in [6, 6.07) is 0. The molecule has 6 heteroatoms. The molecule has 0 unspecified atom stereocenters. The topological polar surface area (TPSA) is 74.8 Å². The van der Waals surface area contributed by atoms with Gasteiger partial charge in [-0.15, -0.1) is 11.3 Å². The maximum absolute atomic E-state index is 12.0. The molecule has 0 spiro atoms. The van der Waals surface area contributed by atoms with Crippen molar-refractivity contribution in [2.24, 2.45) is 0 Å². The summed E-state index contributed by atoms with van der Waals surface area (Å²) >= 11 is 1.55. The fraction of sp³-hybridized carbons (Fsp3) is 0.308. The summed E-state index contributed by atoms with van der Waals surface area (Å²) in [6.07, 6.45) is 3.01. The van der Waals surface area contributed by atoms with Gasteiger partial charge in [-0.25, -0.2) is 4.98 Å². The number of carbonyl (C=O) groups is 1. The van der Waals surface area contributed by atoms with Crippen LogP contribution < -0.4 is 10.7 Å². The molecule has 2 rings (SSSR count). The summed E-state index contributed by atoms with van der Waals surface area (Å²) in [7, 11) is 0. The lowest BCUT2D eigenvalue weighted by molar-refractivity contribution is 0.0949. The molecular weight excluding hydrogens is 262 g/mol. The molecule has 0 aliphatic carbocycles. The normalized spacial score (nSPS) is 10.5. The Morgan fingerprint density at radius 1 is 1.37 bits per heavy atom. The number of aromatic nitrogens is 2. The average molecular weight is 277 g/mol. The van der Waals surface area contributed by atoms with Gasteiger partial charge in [0.1, 0.15) is 5.56 Å². The number of H-pyrrole nitrogens is 1. The number of thiazole rings is 1. The first-order valence-corrected chi connectivity index (χ1v) is 6.69. The first-order valence-electron chi connectivity index (χ1n) is 5.88. The van der Waals surface area contributed by atoms with Gasteiger partial charge in [0.15, 0.2) is 5.43 Å². The quantitative estimate of drug-likeness (QED) is 0.896. The number of aryl methyl sites for hydroxylation is 3. The smallest absolute Gasteiger partial charge is 0.257 e. The van der Waals surface area contributed by atoms with E-state index in [4.69, 9.17) is 0 Å². The predicted octanol–water partition coefficient (Wildman–Crippen LogP) is 1.69. The van der Waals surface area contributed by atoms with E-state index in [1.54, 1.807) is 24.5 Å². The van der Waals surface area contributed by atoms with E-state index >= 15 is 0 Å². The molecule has 0 saturated heterocycles. The van der Waals surface area contributed by atoms with Crippen molar-refractivity contribution in [3.05, 3.63) is 49.3 Å². The van der Waals surface area contributed by atoms with Gasteiger partial charge in [-0.2, -0.15) is 0 Å². The fourth-order valence-corrected chi connectivity index (χ4v) is 2.63. The monoisotopic (exact) mass is 277 g/mol. The number of hydrogen-bond donors (Lipinski definition) is 2. The minimum Gasteiger partial charge on any atom is -0.366 e. The van der Waals surface area contributed by atoms with Crippen LogP contribution in [0, 0.1) is 20.8 Å². The molecular formula is C13H15N3O2S. The Labute approximate surface area is 114 Å². The van der Waals surface area contributed by atoms with Crippen LogP contribution in [-0.4, -0.2) is 15.9 Å². The number of nitrogens with one attached hydrogen (secondary N) is 2. The summed E-state index contributed by atoms with van der Waals surface area (Å²) < 4.78 is 0. The minimum atomic E-state index is -0.365. The number of hydrogen-bond acceptors (Lipinski definition) is 4. The molecule has 0 aliphatic rings. The van der Waals surface area contributed by atoms with E-state index in [2.05, 4.69) is 15.3 Å². The van der Waals surface area contributed by atoms with E-state index in [0.29, 0.717) is 12.1 Å². The van der Waals surface area contributed by atoms with Crippen molar-refractivity contribution in [1.29, 1.82) is 0 Å². The molecule has 0 aliphatic heterocycles. The van der Waals surface area contributed by atoms with Crippen LogP contribution in [0.2, 0.25) is 0 Å². The van der Waals surface area contributed by atoms with Gasteiger partial charge < -0.3 is 10.3 Å². The fourth-order valence-electron chi connectivity index (χ4n) is 1.76. The highest BCUT2D eigenvalue weighted by atomic mass is 32.1. The van der Waals surface area contributed by atoms with E-state index in [1.165, 1.54) is 6.20 Å². The third-order valence-electron chi connectivity index (χ3n) is 2.78. The highest BCUT2D eigenvalue weighted by molar-refractivity contribution is 7.11. The Kier molecular flexibility index (Phi) is 3.80. The van der Waals surface area contributed by atoms with Crippen LogP contribution in [0.5, 0.6) is 0 Å². The third-order valence-corrected chi connectivity index (χ3v) is 3.86. The van der Waals surface area contributed by atoms with Gasteiger partial charge in [0.05, 0.1) is 17.2 Å². The van der Waals surface area contributed by atoms with Crippen LogP contribution >= 0.6 is 11.3 Å². The maximum Gasteiger partial charge on any atom is 0.257 e. The van der Waals surface area contributed by atoms with Crippen LogP contribution in [0.1, 0.15) is 31.5 Å². The van der Waals surface area contributed by atoms with Crippen molar-refractivity contribution in [2.45, 2.75) is 27.3 Å². The number of nitrogens with zero attached hydrogens (tertiary/aromatic N) is 1. The lowest BCUT2D eigenvalue weighted by Crippen LogP contribution is -2.29. The van der Waals surface area contributed by atoms with Crippen molar-refractivity contribution < 1.29 is 4.79 Å². The van der Waals surface area contributed by atoms with Crippen LogP contribution in [0.4, 0.5) is 0 Å². The predicted molar refractivity (Wildman–Crippen MR) is 74.6 cm³/mol. The molecule has 0 fully saturated rings. The van der Waals surface area contributed by atoms with E-state index in [9.17, 15) is 9.59 Å². The Balaban J connectivity index is 2.12. The largest absolute Gasteiger partial charge is 0.366 e. The molecule has 100 valence electrons. The van der Waals surface area contributed by atoms with Gasteiger partial charge in [-0.05, 0) is 20.8 Å². The van der Waals surface area contributed by atoms with Gasteiger partial charge in [0.2, 0.25) is 0 Å². The standard InChI is InChI=1S/C13H15N3O2S/c1-7-4-14-5-10(12(7)17)13(18)15-6-11-8(2)16-9(3)19-11/h4-5H,6H2,1-3H3,(H,14,17)(H,15,18). The zero-order valence-electron chi connectivity index (χ0n) is 11.0. The summed E-state index contributed by atoms with van der Waals surface area (Å²) in [4.78, 5) is 31.9. The van der Waals surface area contributed by atoms with Crippen molar-refractivity contribution >= 4 is 17.2 Å². The Bertz CT molecular complexity index is 673. The molecule has 2 aromatic rings. The van der Waals surface area contributed by atoms with Gasteiger partial charge in [-0.1, -0.05) is 0 Å². The second-order valence-corrected chi connectivity index (χ2v) is 5.59. The molecule has 19 heavy (non-hydrogen) atoms. The second-order valence-electron chi connectivity index (χ2n) is 4.31. The number of amides is 1. The number of carbonyl (C=O) groups excluding carboxylic acids is 1. The highest BCUT2D eigenvalue weighted by Gasteiger charge is 2.12. The van der Waals surface area contributed by atoms with Gasteiger partial charge in [0.25, 0.3) is 5.91 Å². The zero-order chi connectivity index (χ0) is 14.0. The Morgan fingerprint density at radius 3 is 2.74 bits per heavy atom. The van der Waals surface area contributed by atoms with Crippen molar-refractivity contribution in [2.75, 3.05) is 0 Å². The van der Waals surface area contributed by atoms with Crippen LogP contribution in [0.3, 0.4) is 0 Å². The Morgan fingerprint density at radius 2 is 2.11 bits per heavy atom. The zero-order valence-corrected chi connectivity index (χ0v) is 11.9. The summed E-state index contributed by atoms with van der Waals surface area (Å²) in [5.74, 6) is -0.365. The molecule has 1 amide bonds. The molecule has 0 radical (unpaired) electrons. The average Bonchev–Trinajstić information content (AvgIpc) is 2.68. The number of aromatic amines is 1. The SMILES string of the molecule is Cc1nc(C)c(CNC(=O)c2c[nH]cc(C)c2=O)s1. The highest BCUT2D eigenvalue weighted by Crippen LogP contribution is 2.16. The summed E-state index contributed by atoms with van der Waals surface area (Å²) in [6.45, 7) is 5.90. The first-order chi connectivity index (χ1) is 8.99. The summed E-state index contributed by atoms with van der Waals surface area (Å²) in [5, 5.41) is 3.72. The van der Waals surface area contributed by atoms with Crippen LogP contribution in [-0.2, 0) is 6.54 Å². The molecule has 0 atom stereocenters. The number of pyridine rings is 1. The van der Waals surface area contributed by atoms with Crippen molar-refractivity contribution in [3.8, 4) is 0 Å². The van der Waals surface area contributed by atoms with E-state index < -0.39 is 0 Å². The molecule has 2 heterocycles. The molecule has 5 nitrogen and oxygen atoms in total. The number of rotatable bonds is 3. The van der Waals surface area contributed by atoms with Crippen molar-refractivity contribution in [3.63, 3.8) is 0 Å². The summed E-state index contributed by atoms with van der Waals surface area (Å²) in [5.41, 5.74) is 1.34. The van der Waals surface area contributed by atoms with Gasteiger partial charge in [-0.3, -0.25) is 9.59 Å². The lowest BCUT2D eigenvalue weighted by atomic mass is 10.2. The minimum absolute atomic E-state index is 0.138. The van der Waals surface area contributed by atoms with Gasteiger partial charge >= 0.3 is 0 Å². The van der Waals surface area contributed by atoms with E-state index in [0.717, 1.165) is 15.6 Å². The molecule has 2 N–H and O–H groups in total. The Hall–Kier alpha value is -1.95. The van der Waals surface area contributed by atoms with Gasteiger partial charge in [0, 0.05) is 22.8 Å². The molecule has 0 saturated carbocycles. The first kappa shape index (κ1) is 13.5. The van der Waals surface area contributed by atoms with Crippen LogP contribution in [0.15, 0.2) is 17.2 Å². The molecule has 0 bridgehead atoms. The third kappa shape index (κ3) is 2.90. The second kappa shape index (κ2) is 5.36. The maximum atomic E-state index is 12.0. The molecule has 2 aromatic heterocycles. The molecule has 0 aromatic carbocycles.